The van der Waals surface area contributed by atoms with Gasteiger partial charge in [0, 0.05) is 24.7 Å². The van der Waals surface area contributed by atoms with Crippen LogP contribution in [0.3, 0.4) is 0 Å². The molecule has 106 valence electrons. The molecule has 20 heavy (non-hydrogen) atoms. The van der Waals surface area contributed by atoms with Crippen molar-refractivity contribution in [2.24, 2.45) is 5.73 Å². The third-order valence-corrected chi connectivity index (χ3v) is 2.76. The molecule has 1 aromatic heterocycles. The van der Waals surface area contributed by atoms with Gasteiger partial charge < -0.3 is 10.5 Å². The van der Waals surface area contributed by atoms with E-state index >= 15 is 0 Å². The number of rotatable bonds is 6. The molecular formula is C15H19N3O2. The Morgan fingerprint density at radius 2 is 2.20 bits per heavy atom. The van der Waals surface area contributed by atoms with E-state index in [0.717, 1.165) is 16.9 Å². The summed E-state index contributed by atoms with van der Waals surface area (Å²) in [5.41, 5.74) is 7.15. The summed E-state index contributed by atoms with van der Waals surface area (Å²) >= 11 is 0. The Morgan fingerprint density at radius 1 is 1.40 bits per heavy atom. The smallest absolute Gasteiger partial charge is 0.219 e. The standard InChI is InChI=1S/C15H19N3O2/c1-11(2)20-14-5-3-4-12(8-14)13-9-17-18(10-13)7-6-15(16)19/h3-5,8-11H,6-7H2,1-2H3,(H2,16,19). The topological polar surface area (TPSA) is 70.1 Å². The van der Waals surface area contributed by atoms with Crippen LogP contribution < -0.4 is 10.5 Å². The monoisotopic (exact) mass is 273 g/mol. The van der Waals surface area contributed by atoms with E-state index in [1.54, 1.807) is 10.9 Å². The molecule has 0 spiro atoms. The van der Waals surface area contributed by atoms with Crippen LogP contribution in [0.1, 0.15) is 20.3 Å². The molecule has 0 radical (unpaired) electrons. The number of carbonyl (C=O) groups is 1. The van der Waals surface area contributed by atoms with E-state index in [-0.39, 0.29) is 18.4 Å². The first-order valence-electron chi connectivity index (χ1n) is 6.62. The maximum absolute atomic E-state index is 10.8. The summed E-state index contributed by atoms with van der Waals surface area (Å²) in [5, 5.41) is 4.22. The Bertz CT molecular complexity index is 590. The molecular weight excluding hydrogens is 254 g/mol. The number of ether oxygens (including phenoxy) is 1. The third-order valence-electron chi connectivity index (χ3n) is 2.76. The minimum Gasteiger partial charge on any atom is -0.491 e. The number of carbonyl (C=O) groups excluding carboxylic acids is 1. The molecule has 0 aliphatic heterocycles. The number of aryl methyl sites for hydroxylation is 1. The average Bonchev–Trinajstić information content (AvgIpc) is 2.84. The minimum atomic E-state index is -0.325. The maximum Gasteiger partial charge on any atom is 0.219 e. The Morgan fingerprint density at radius 3 is 2.90 bits per heavy atom. The highest BCUT2D eigenvalue weighted by Crippen LogP contribution is 2.24. The van der Waals surface area contributed by atoms with Gasteiger partial charge in [-0.25, -0.2) is 0 Å². The Labute approximate surface area is 118 Å². The van der Waals surface area contributed by atoms with Crippen molar-refractivity contribution in [2.45, 2.75) is 32.9 Å². The van der Waals surface area contributed by atoms with E-state index in [2.05, 4.69) is 5.10 Å². The van der Waals surface area contributed by atoms with Crippen LogP contribution in [-0.4, -0.2) is 21.8 Å². The van der Waals surface area contributed by atoms with Gasteiger partial charge in [0.15, 0.2) is 0 Å². The Kier molecular flexibility index (Phi) is 4.40. The average molecular weight is 273 g/mol. The predicted octanol–water partition coefficient (Wildman–Crippen LogP) is 2.21. The van der Waals surface area contributed by atoms with E-state index in [0.29, 0.717) is 6.54 Å². The highest BCUT2D eigenvalue weighted by atomic mass is 16.5. The lowest BCUT2D eigenvalue weighted by atomic mass is 10.1. The summed E-state index contributed by atoms with van der Waals surface area (Å²) in [6, 6.07) is 7.87. The number of primary amides is 1. The predicted molar refractivity (Wildman–Crippen MR) is 77.2 cm³/mol. The van der Waals surface area contributed by atoms with Crippen molar-refractivity contribution >= 4 is 5.91 Å². The zero-order valence-electron chi connectivity index (χ0n) is 11.7. The van der Waals surface area contributed by atoms with Crippen LogP contribution in [0.15, 0.2) is 36.7 Å². The van der Waals surface area contributed by atoms with E-state index in [9.17, 15) is 4.79 Å². The first-order chi connectivity index (χ1) is 9.54. The molecule has 1 aromatic carbocycles. The molecule has 0 atom stereocenters. The van der Waals surface area contributed by atoms with Gasteiger partial charge in [0.1, 0.15) is 5.75 Å². The van der Waals surface area contributed by atoms with E-state index < -0.39 is 0 Å². The summed E-state index contributed by atoms with van der Waals surface area (Å²) in [5.74, 6) is 0.511. The van der Waals surface area contributed by atoms with Gasteiger partial charge in [0.25, 0.3) is 0 Å². The number of aromatic nitrogens is 2. The van der Waals surface area contributed by atoms with Gasteiger partial charge in [-0.15, -0.1) is 0 Å². The highest BCUT2D eigenvalue weighted by molar-refractivity contribution is 5.73. The molecule has 1 heterocycles. The fraction of sp³-hybridized carbons (Fsp3) is 0.333. The number of nitrogens with two attached hydrogens (primary N) is 1. The van der Waals surface area contributed by atoms with Crippen LogP contribution >= 0.6 is 0 Å². The van der Waals surface area contributed by atoms with Crippen LogP contribution in [0, 0.1) is 0 Å². The second-order valence-electron chi connectivity index (χ2n) is 4.90. The summed E-state index contributed by atoms with van der Waals surface area (Å²) < 4.78 is 7.39. The molecule has 0 saturated heterocycles. The zero-order chi connectivity index (χ0) is 14.5. The lowest BCUT2D eigenvalue weighted by Crippen LogP contribution is -2.13. The largest absolute Gasteiger partial charge is 0.491 e. The molecule has 2 aromatic rings. The van der Waals surface area contributed by atoms with Crippen molar-refractivity contribution < 1.29 is 9.53 Å². The van der Waals surface area contributed by atoms with E-state index in [1.165, 1.54) is 0 Å². The normalized spacial score (nSPS) is 10.8. The SMILES string of the molecule is CC(C)Oc1cccc(-c2cnn(CCC(N)=O)c2)c1. The lowest BCUT2D eigenvalue weighted by Gasteiger charge is -2.10. The number of nitrogens with zero attached hydrogens (tertiary/aromatic N) is 2. The summed E-state index contributed by atoms with van der Waals surface area (Å²) in [7, 11) is 0. The van der Waals surface area contributed by atoms with Crippen molar-refractivity contribution in [3.8, 4) is 16.9 Å². The molecule has 2 rings (SSSR count). The Balaban J connectivity index is 2.13. The molecule has 0 aliphatic rings. The molecule has 0 bridgehead atoms. The van der Waals surface area contributed by atoms with Gasteiger partial charge in [-0.2, -0.15) is 5.10 Å². The molecule has 0 unspecified atom stereocenters. The van der Waals surface area contributed by atoms with Gasteiger partial charge in [0.05, 0.1) is 12.3 Å². The van der Waals surface area contributed by atoms with Crippen LogP contribution in [0.2, 0.25) is 0 Å². The second kappa shape index (κ2) is 6.23. The first kappa shape index (κ1) is 14.1. The van der Waals surface area contributed by atoms with Crippen molar-refractivity contribution in [1.29, 1.82) is 0 Å². The van der Waals surface area contributed by atoms with Gasteiger partial charge in [-0.05, 0) is 31.5 Å². The summed E-state index contributed by atoms with van der Waals surface area (Å²) in [4.78, 5) is 10.8. The molecule has 5 nitrogen and oxygen atoms in total. The van der Waals surface area contributed by atoms with Gasteiger partial charge in [-0.1, -0.05) is 12.1 Å². The van der Waals surface area contributed by atoms with Crippen LogP contribution in [0.5, 0.6) is 5.75 Å². The number of benzene rings is 1. The van der Waals surface area contributed by atoms with Crippen LogP contribution in [0.4, 0.5) is 0 Å². The van der Waals surface area contributed by atoms with Gasteiger partial charge >= 0.3 is 0 Å². The molecule has 2 N–H and O–H groups in total. The van der Waals surface area contributed by atoms with Crippen molar-refractivity contribution in [3.05, 3.63) is 36.7 Å². The fourth-order valence-electron chi connectivity index (χ4n) is 1.88. The maximum atomic E-state index is 10.8. The van der Waals surface area contributed by atoms with Crippen LogP contribution in [-0.2, 0) is 11.3 Å². The minimum absolute atomic E-state index is 0.142. The van der Waals surface area contributed by atoms with E-state index in [1.807, 2.05) is 44.3 Å². The highest BCUT2D eigenvalue weighted by Gasteiger charge is 2.05. The molecule has 0 aliphatic carbocycles. The number of hydrogen-bond donors (Lipinski definition) is 1. The second-order valence-corrected chi connectivity index (χ2v) is 4.90. The van der Waals surface area contributed by atoms with Gasteiger partial charge in [0.2, 0.25) is 5.91 Å². The van der Waals surface area contributed by atoms with Crippen LogP contribution in [0.25, 0.3) is 11.1 Å². The summed E-state index contributed by atoms with van der Waals surface area (Å²) in [6.45, 7) is 4.49. The van der Waals surface area contributed by atoms with Gasteiger partial charge in [-0.3, -0.25) is 9.48 Å². The molecule has 0 fully saturated rings. The molecule has 1 amide bonds. The lowest BCUT2D eigenvalue weighted by molar-refractivity contribution is -0.118. The van der Waals surface area contributed by atoms with Crippen molar-refractivity contribution in [1.82, 2.24) is 9.78 Å². The summed E-state index contributed by atoms with van der Waals surface area (Å²) in [6.07, 6.45) is 4.10. The Hall–Kier alpha value is -2.30. The zero-order valence-corrected chi connectivity index (χ0v) is 11.7. The quantitative estimate of drug-likeness (QED) is 0.877. The van der Waals surface area contributed by atoms with E-state index in [4.69, 9.17) is 10.5 Å². The van der Waals surface area contributed by atoms with Crippen molar-refractivity contribution in [3.63, 3.8) is 0 Å². The number of amides is 1. The molecule has 5 heteroatoms. The number of hydrogen-bond acceptors (Lipinski definition) is 3. The third kappa shape index (κ3) is 3.85. The molecule has 0 saturated carbocycles. The fourth-order valence-corrected chi connectivity index (χ4v) is 1.88. The first-order valence-corrected chi connectivity index (χ1v) is 6.62. The van der Waals surface area contributed by atoms with Crippen molar-refractivity contribution in [2.75, 3.05) is 0 Å².